The SMILES string of the molecule is CN(Cc1cn(-c2ccccc2)nc1-c1cccs1)C(=O)C1CC1C(=O)O. The first kappa shape index (κ1) is 17.5. The molecule has 0 spiro atoms. The molecule has 3 aromatic rings. The minimum Gasteiger partial charge on any atom is -0.481 e. The molecule has 2 heterocycles. The van der Waals surface area contributed by atoms with Crippen LogP contribution in [0.15, 0.2) is 54.0 Å². The van der Waals surface area contributed by atoms with Crippen molar-refractivity contribution in [3.05, 3.63) is 59.6 Å². The smallest absolute Gasteiger partial charge is 0.307 e. The van der Waals surface area contributed by atoms with Crippen molar-refractivity contribution in [2.75, 3.05) is 7.05 Å². The molecule has 1 saturated carbocycles. The number of carbonyl (C=O) groups excluding carboxylic acids is 1. The summed E-state index contributed by atoms with van der Waals surface area (Å²) in [5.41, 5.74) is 2.73. The fourth-order valence-corrected chi connectivity index (χ4v) is 3.96. The molecule has 2 atom stereocenters. The standard InChI is InChI=1S/C20H19N3O3S/c1-22(19(24)15-10-16(15)20(25)26)11-13-12-23(14-6-3-2-4-7-14)21-18(13)17-8-5-9-27-17/h2-9,12,15-16H,10-11H2,1H3,(H,25,26). The van der Waals surface area contributed by atoms with Gasteiger partial charge in [0.1, 0.15) is 5.69 Å². The zero-order valence-corrected chi connectivity index (χ0v) is 15.6. The minimum absolute atomic E-state index is 0.119. The van der Waals surface area contributed by atoms with Crippen LogP contribution in [0.1, 0.15) is 12.0 Å². The molecule has 27 heavy (non-hydrogen) atoms. The molecule has 7 heteroatoms. The number of rotatable bonds is 6. The third kappa shape index (κ3) is 3.50. The van der Waals surface area contributed by atoms with Crippen LogP contribution in [0, 0.1) is 11.8 Å². The molecule has 0 saturated heterocycles. The predicted octanol–water partition coefficient (Wildman–Crippen LogP) is 3.28. The summed E-state index contributed by atoms with van der Waals surface area (Å²) < 4.78 is 1.82. The number of hydrogen-bond donors (Lipinski definition) is 1. The lowest BCUT2D eigenvalue weighted by Crippen LogP contribution is -2.28. The topological polar surface area (TPSA) is 75.4 Å². The van der Waals surface area contributed by atoms with E-state index >= 15 is 0 Å². The number of aromatic nitrogens is 2. The fourth-order valence-electron chi connectivity index (χ4n) is 3.22. The highest BCUT2D eigenvalue weighted by molar-refractivity contribution is 7.13. The number of thiophene rings is 1. The first-order chi connectivity index (χ1) is 13.0. The number of carboxylic acids is 1. The highest BCUT2D eigenvalue weighted by Crippen LogP contribution is 2.40. The van der Waals surface area contributed by atoms with E-state index < -0.39 is 17.8 Å². The minimum atomic E-state index is -0.891. The van der Waals surface area contributed by atoms with E-state index in [0.29, 0.717) is 13.0 Å². The Morgan fingerprint density at radius 2 is 2.00 bits per heavy atom. The molecule has 0 bridgehead atoms. The molecule has 1 amide bonds. The molecular formula is C20H19N3O3S. The summed E-state index contributed by atoms with van der Waals surface area (Å²) >= 11 is 1.60. The summed E-state index contributed by atoms with van der Waals surface area (Å²) in [5.74, 6) is -1.95. The number of amides is 1. The highest BCUT2D eigenvalue weighted by Gasteiger charge is 2.49. The van der Waals surface area contributed by atoms with Gasteiger partial charge in [-0.25, -0.2) is 4.68 Å². The van der Waals surface area contributed by atoms with Gasteiger partial charge in [0.2, 0.25) is 5.91 Å². The number of para-hydroxylation sites is 1. The van der Waals surface area contributed by atoms with Crippen LogP contribution in [0.25, 0.3) is 16.3 Å². The van der Waals surface area contributed by atoms with Crippen LogP contribution in [-0.4, -0.2) is 38.7 Å². The maximum atomic E-state index is 12.5. The van der Waals surface area contributed by atoms with Gasteiger partial charge in [-0.3, -0.25) is 9.59 Å². The first-order valence-corrected chi connectivity index (χ1v) is 9.58. The Morgan fingerprint density at radius 3 is 2.63 bits per heavy atom. The molecular weight excluding hydrogens is 362 g/mol. The van der Waals surface area contributed by atoms with E-state index in [4.69, 9.17) is 10.2 Å². The molecule has 1 aliphatic carbocycles. The zero-order valence-electron chi connectivity index (χ0n) is 14.8. The predicted molar refractivity (Wildman–Crippen MR) is 103 cm³/mol. The quantitative estimate of drug-likeness (QED) is 0.711. The van der Waals surface area contributed by atoms with Gasteiger partial charge in [0, 0.05) is 25.4 Å². The lowest BCUT2D eigenvalue weighted by atomic mass is 10.2. The van der Waals surface area contributed by atoms with E-state index in [-0.39, 0.29) is 5.91 Å². The van der Waals surface area contributed by atoms with Gasteiger partial charge in [0.25, 0.3) is 0 Å². The lowest BCUT2D eigenvalue weighted by Gasteiger charge is -2.16. The molecule has 4 rings (SSSR count). The molecule has 0 aliphatic heterocycles. The van der Waals surface area contributed by atoms with Gasteiger partial charge in [0.15, 0.2) is 0 Å². The summed E-state index contributed by atoms with van der Waals surface area (Å²) in [4.78, 5) is 26.2. The molecule has 138 valence electrons. The van der Waals surface area contributed by atoms with Crippen LogP contribution >= 0.6 is 11.3 Å². The first-order valence-electron chi connectivity index (χ1n) is 8.70. The monoisotopic (exact) mass is 381 g/mol. The van der Waals surface area contributed by atoms with Gasteiger partial charge < -0.3 is 10.0 Å². The maximum absolute atomic E-state index is 12.5. The molecule has 2 aromatic heterocycles. The third-order valence-corrected chi connectivity index (χ3v) is 5.65. The second-order valence-electron chi connectivity index (χ2n) is 6.74. The fraction of sp³-hybridized carbons (Fsp3) is 0.250. The van der Waals surface area contributed by atoms with Crippen LogP contribution in [0.2, 0.25) is 0 Å². The summed E-state index contributed by atoms with van der Waals surface area (Å²) in [7, 11) is 1.72. The number of aliphatic carboxylic acids is 1. The van der Waals surface area contributed by atoms with Crippen molar-refractivity contribution >= 4 is 23.2 Å². The number of benzene rings is 1. The van der Waals surface area contributed by atoms with E-state index in [1.807, 2.05) is 58.7 Å². The van der Waals surface area contributed by atoms with Gasteiger partial charge in [-0.1, -0.05) is 24.3 Å². The Morgan fingerprint density at radius 1 is 1.22 bits per heavy atom. The van der Waals surface area contributed by atoms with Crippen LogP contribution < -0.4 is 0 Å². The van der Waals surface area contributed by atoms with Crippen molar-refractivity contribution < 1.29 is 14.7 Å². The van der Waals surface area contributed by atoms with Crippen molar-refractivity contribution in [2.45, 2.75) is 13.0 Å². The summed E-state index contributed by atoms with van der Waals surface area (Å²) in [6.45, 7) is 0.391. The van der Waals surface area contributed by atoms with E-state index in [1.165, 1.54) is 0 Å². The molecule has 1 aliphatic rings. The van der Waals surface area contributed by atoms with Crippen molar-refractivity contribution in [1.82, 2.24) is 14.7 Å². The van der Waals surface area contributed by atoms with Crippen molar-refractivity contribution in [3.8, 4) is 16.3 Å². The van der Waals surface area contributed by atoms with Crippen LogP contribution in [0.3, 0.4) is 0 Å². The zero-order chi connectivity index (χ0) is 19.0. The summed E-state index contributed by atoms with van der Waals surface area (Å²) in [5, 5.41) is 15.8. The van der Waals surface area contributed by atoms with Gasteiger partial charge in [-0.15, -0.1) is 11.3 Å². The molecule has 1 N–H and O–H groups in total. The van der Waals surface area contributed by atoms with Crippen molar-refractivity contribution in [3.63, 3.8) is 0 Å². The second kappa shape index (κ2) is 7.00. The lowest BCUT2D eigenvalue weighted by molar-refractivity contribution is -0.141. The largest absolute Gasteiger partial charge is 0.481 e. The number of hydrogen-bond acceptors (Lipinski definition) is 4. The number of carboxylic acid groups (broad SMARTS) is 1. The van der Waals surface area contributed by atoms with Crippen molar-refractivity contribution in [1.29, 1.82) is 0 Å². The van der Waals surface area contributed by atoms with E-state index in [9.17, 15) is 9.59 Å². The summed E-state index contributed by atoms with van der Waals surface area (Å²) in [6.07, 6.45) is 2.37. The molecule has 1 aromatic carbocycles. The highest BCUT2D eigenvalue weighted by atomic mass is 32.1. The molecule has 1 fully saturated rings. The Hall–Kier alpha value is -2.93. The molecule has 0 radical (unpaired) electrons. The number of nitrogens with zero attached hydrogens (tertiary/aromatic N) is 3. The Kier molecular flexibility index (Phi) is 4.53. The van der Waals surface area contributed by atoms with Gasteiger partial charge in [-0.05, 0) is 30.0 Å². The molecule has 6 nitrogen and oxygen atoms in total. The van der Waals surface area contributed by atoms with Crippen LogP contribution in [0.4, 0.5) is 0 Å². The van der Waals surface area contributed by atoms with Crippen LogP contribution in [0.5, 0.6) is 0 Å². The van der Waals surface area contributed by atoms with Gasteiger partial charge in [0.05, 0.1) is 22.4 Å². The normalized spacial score (nSPS) is 18.3. The third-order valence-electron chi connectivity index (χ3n) is 4.77. The summed E-state index contributed by atoms with van der Waals surface area (Å²) in [6, 6.07) is 13.8. The van der Waals surface area contributed by atoms with Gasteiger partial charge >= 0.3 is 5.97 Å². The van der Waals surface area contributed by atoms with Gasteiger partial charge in [-0.2, -0.15) is 5.10 Å². The Labute approximate surface area is 160 Å². The van der Waals surface area contributed by atoms with E-state index in [1.54, 1.807) is 23.3 Å². The Balaban J connectivity index is 1.60. The maximum Gasteiger partial charge on any atom is 0.307 e. The average molecular weight is 381 g/mol. The number of carbonyl (C=O) groups is 2. The van der Waals surface area contributed by atoms with E-state index in [0.717, 1.165) is 21.8 Å². The average Bonchev–Trinajstić information content (AvgIpc) is 3.09. The second-order valence-corrected chi connectivity index (χ2v) is 7.69. The molecule has 2 unspecified atom stereocenters. The Bertz CT molecular complexity index is 966. The van der Waals surface area contributed by atoms with E-state index in [2.05, 4.69) is 0 Å². The van der Waals surface area contributed by atoms with Crippen LogP contribution in [-0.2, 0) is 16.1 Å². The van der Waals surface area contributed by atoms with Crippen molar-refractivity contribution in [2.24, 2.45) is 11.8 Å².